The normalized spacial score (nSPS) is 25.6. The molecular formula is C44H44Cl2FN7O2. The van der Waals surface area contributed by atoms with Gasteiger partial charge in [-0.25, -0.2) is 9.37 Å². The maximum absolute atomic E-state index is 17.4. The third kappa shape index (κ3) is 5.56. The number of aliphatic hydroxyl groups is 1. The van der Waals surface area contributed by atoms with Gasteiger partial charge in [0.15, 0.2) is 5.82 Å². The minimum Gasteiger partial charge on any atom is -0.384 e. The monoisotopic (exact) mass is 791 g/mol. The second-order valence-corrected chi connectivity index (χ2v) is 18.0. The molecule has 6 atom stereocenters. The average molecular weight is 793 g/mol. The standard InChI is InChI=1S/C44H44Cl2FN7O2/c1-22-30-18-34(41-26-14-28(53(41)43(55)23-9-10-23)21-52(20-26)27-11-13-49-35(17-27)44(2,3)56)54(40-25-16-33(40)50-19-25)42(30)31-15-24(6-5-12-48)36(38(47)39(31)51-22)29-7-4-8-32(45)37(29)46/h4,7-8,11,13,15,17-18,23,25-26,28,33,40-41,50,56H,5-6,9-10,14,16,19-21H2,1-3H3/t25-,26+,28-,33-,40+,41-/m1/s1. The zero-order chi connectivity index (χ0) is 38.8. The highest BCUT2D eigenvalue weighted by Crippen LogP contribution is 2.54. The van der Waals surface area contributed by atoms with Gasteiger partial charge in [-0.05, 0) is 94.7 Å². The quantitative estimate of drug-likeness (QED) is 0.162. The van der Waals surface area contributed by atoms with Crippen molar-refractivity contribution in [3.8, 4) is 17.2 Å². The molecule has 2 aliphatic carbocycles. The van der Waals surface area contributed by atoms with Crippen LogP contribution in [-0.2, 0) is 16.8 Å². The molecule has 6 aliphatic rings. The molecular weight excluding hydrogens is 748 g/mol. The number of hydrogen-bond donors (Lipinski definition) is 2. The zero-order valence-corrected chi connectivity index (χ0v) is 33.2. The molecule has 9 nitrogen and oxygen atoms in total. The number of hydrogen-bond acceptors (Lipinski definition) is 7. The first-order chi connectivity index (χ1) is 26.9. The number of nitriles is 1. The van der Waals surface area contributed by atoms with E-state index in [9.17, 15) is 15.2 Å². The molecule has 5 aromatic rings. The fourth-order valence-corrected chi connectivity index (χ4v) is 10.9. The number of carbonyl (C=O) groups excluding carboxylic acids is 1. The summed E-state index contributed by atoms with van der Waals surface area (Å²) in [5.41, 5.74) is 5.02. The lowest BCUT2D eigenvalue weighted by Gasteiger charge is -2.40. The lowest BCUT2D eigenvalue weighted by molar-refractivity contribution is -0.135. The summed E-state index contributed by atoms with van der Waals surface area (Å²) in [6.45, 7) is 7.80. The summed E-state index contributed by atoms with van der Waals surface area (Å²) in [6, 6.07) is 16.0. The predicted octanol–water partition coefficient (Wildman–Crippen LogP) is 8.41. The summed E-state index contributed by atoms with van der Waals surface area (Å²) in [5, 5.41) is 26.5. The van der Waals surface area contributed by atoms with Crippen molar-refractivity contribution in [2.24, 2.45) is 17.8 Å². The van der Waals surface area contributed by atoms with Crippen molar-refractivity contribution in [2.75, 3.05) is 24.5 Å². The van der Waals surface area contributed by atoms with Gasteiger partial charge in [0.1, 0.15) is 11.1 Å². The van der Waals surface area contributed by atoms with Crippen LogP contribution in [0, 0.1) is 41.8 Å². The molecule has 6 fully saturated rings. The van der Waals surface area contributed by atoms with Crippen LogP contribution < -0.4 is 10.2 Å². The number of pyridine rings is 2. The summed E-state index contributed by atoms with van der Waals surface area (Å²) in [5.74, 6) is 0.352. The lowest BCUT2D eigenvalue weighted by atomic mass is 9.79. The van der Waals surface area contributed by atoms with E-state index in [1.807, 2.05) is 25.1 Å². The molecule has 2 N–H and O–H groups in total. The minimum atomic E-state index is -1.08. The minimum absolute atomic E-state index is 0.0179. The molecule has 56 heavy (non-hydrogen) atoms. The van der Waals surface area contributed by atoms with Crippen molar-refractivity contribution in [2.45, 2.75) is 89.1 Å². The third-order valence-electron chi connectivity index (χ3n) is 13.3. The number of benzene rings is 2. The first-order valence-electron chi connectivity index (χ1n) is 19.9. The summed E-state index contributed by atoms with van der Waals surface area (Å²) in [6.07, 6.45) is 6.10. The smallest absolute Gasteiger partial charge is 0.226 e. The van der Waals surface area contributed by atoms with Gasteiger partial charge in [0.25, 0.3) is 0 Å². The molecule has 12 heteroatoms. The summed E-state index contributed by atoms with van der Waals surface area (Å²) < 4.78 is 19.8. The molecule has 4 saturated heterocycles. The maximum Gasteiger partial charge on any atom is 0.226 e. The lowest BCUT2D eigenvalue weighted by Crippen LogP contribution is -2.45. The van der Waals surface area contributed by atoms with Gasteiger partial charge in [-0.3, -0.25) is 9.78 Å². The number of nitrogens with one attached hydrogen (secondary N) is 1. The van der Waals surface area contributed by atoms with Crippen LogP contribution in [0.5, 0.6) is 0 Å². The average Bonchev–Trinajstić information content (AvgIpc) is 3.46. The number of aromatic nitrogens is 3. The van der Waals surface area contributed by atoms with E-state index in [0.29, 0.717) is 51.7 Å². The molecule has 4 bridgehead atoms. The number of nitrogens with zero attached hydrogens (tertiary/aromatic N) is 6. The van der Waals surface area contributed by atoms with Gasteiger partial charge in [-0.1, -0.05) is 35.3 Å². The Kier molecular flexibility index (Phi) is 8.47. The Labute approximate surface area is 335 Å². The predicted molar refractivity (Wildman–Crippen MR) is 216 cm³/mol. The van der Waals surface area contributed by atoms with Crippen LogP contribution in [0.25, 0.3) is 32.9 Å². The van der Waals surface area contributed by atoms with E-state index in [1.54, 1.807) is 38.2 Å². The van der Waals surface area contributed by atoms with Crippen molar-refractivity contribution in [1.82, 2.24) is 24.8 Å². The number of amides is 1. The van der Waals surface area contributed by atoms with Crippen LogP contribution in [0.1, 0.15) is 80.7 Å². The molecule has 288 valence electrons. The van der Waals surface area contributed by atoms with E-state index in [-0.39, 0.29) is 58.9 Å². The fourth-order valence-electron chi connectivity index (χ4n) is 10.5. The van der Waals surface area contributed by atoms with Crippen LogP contribution >= 0.6 is 23.2 Å². The van der Waals surface area contributed by atoms with Gasteiger partial charge in [0.2, 0.25) is 5.91 Å². The summed E-state index contributed by atoms with van der Waals surface area (Å²) in [4.78, 5) is 28.6. The number of fused-ring (bicyclic) bond motifs is 6. The molecule has 4 aliphatic heterocycles. The van der Waals surface area contributed by atoms with E-state index in [1.165, 1.54) is 0 Å². The number of carbonyl (C=O) groups is 1. The Hall–Kier alpha value is -4.27. The Morgan fingerprint density at radius 3 is 2.64 bits per heavy atom. The Morgan fingerprint density at radius 1 is 1.11 bits per heavy atom. The highest BCUT2D eigenvalue weighted by molar-refractivity contribution is 6.43. The molecule has 0 unspecified atom stereocenters. The van der Waals surface area contributed by atoms with E-state index < -0.39 is 11.4 Å². The molecule has 11 rings (SSSR count). The van der Waals surface area contributed by atoms with Crippen molar-refractivity contribution in [3.05, 3.63) is 87.2 Å². The fraction of sp³-hybridized carbons (Fsp3) is 0.455. The Bertz CT molecular complexity index is 2490. The molecule has 0 spiro atoms. The van der Waals surface area contributed by atoms with Gasteiger partial charge in [0, 0.05) is 89.1 Å². The van der Waals surface area contributed by atoms with E-state index in [0.717, 1.165) is 66.8 Å². The van der Waals surface area contributed by atoms with Gasteiger partial charge in [-0.15, -0.1) is 0 Å². The van der Waals surface area contributed by atoms with Crippen molar-refractivity contribution in [3.63, 3.8) is 0 Å². The molecule has 2 aromatic carbocycles. The molecule has 2 saturated carbocycles. The molecule has 1 amide bonds. The maximum atomic E-state index is 17.4. The molecule has 0 radical (unpaired) electrons. The van der Waals surface area contributed by atoms with Gasteiger partial charge < -0.3 is 24.8 Å². The second-order valence-electron chi connectivity index (χ2n) is 17.3. The Morgan fingerprint density at radius 2 is 1.93 bits per heavy atom. The third-order valence-corrected chi connectivity index (χ3v) is 14.1. The first kappa shape index (κ1) is 36.1. The number of rotatable bonds is 8. The summed E-state index contributed by atoms with van der Waals surface area (Å²) in [7, 11) is 0. The SMILES string of the molecule is Cc1nc2c(F)c(-c3cccc(Cl)c3Cl)c(CCC#N)cc2c2c1cc([C@H]1[C@H]3C[C@H](CN(c4ccnc(C(C)(C)O)c4)C3)N1C(=O)C1CC1)n2[C@H]1[C@H]2CN[C@@H]1C2. The number of likely N-dealkylation sites (tertiary alicyclic amines) is 1. The zero-order valence-electron chi connectivity index (χ0n) is 31.7. The van der Waals surface area contributed by atoms with E-state index >= 15 is 4.39 Å². The van der Waals surface area contributed by atoms with Crippen LogP contribution in [0.4, 0.5) is 10.1 Å². The van der Waals surface area contributed by atoms with E-state index in [4.69, 9.17) is 28.2 Å². The van der Waals surface area contributed by atoms with E-state index in [2.05, 4.69) is 36.8 Å². The largest absolute Gasteiger partial charge is 0.384 e. The van der Waals surface area contributed by atoms with Crippen molar-refractivity contribution >= 4 is 56.6 Å². The highest BCUT2D eigenvalue weighted by Gasteiger charge is 2.55. The Balaban J connectivity index is 1.19. The van der Waals surface area contributed by atoms with Crippen LogP contribution in [0.2, 0.25) is 10.0 Å². The first-order valence-corrected chi connectivity index (χ1v) is 20.7. The van der Waals surface area contributed by atoms with Crippen LogP contribution in [0.15, 0.2) is 48.7 Å². The number of halogens is 3. The number of anilines is 1. The number of piperidine rings is 1. The van der Waals surface area contributed by atoms with Gasteiger partial charge in [0.05, 0.1) is 45.5 Å². The van der Waals surface area contributed by atoms with Crippen molar-refractivity contribution in [1.29, 1.82) is 5.26 Å². The van der Waals surface area contributed by atoms with Crippen molar-refractivity contribution < 1.29 is 14.3 Å². The van der Waals surface area contributed by atoms with Crippen LogP contribution in [0.3, 0.4) is 0 Å². The number of aryl methyl sites for hydroxylation is 2. The highest BCUT2D eigenvalue weighted by atomic mass is 35.5. The second kappa shape index (κ2) is 13.1. The molecule has 3 aromatic heterocycles. The van der Waals surface area contributed by atoms with Gasteiger partial charge >= 0.3 is 0 Å². The topological polar surface area (TPSA) is 110 Å². The summed E-state index contributed by atoms with van der Waals surface area (Å²) >= 11 is 13.2. The van der Waals surface area contributed by atoms with Gasteiger partial charge in [-0.2, -0.15) is 5.26 Å². The molecule has 7 heterocycles. The van der Waals surface area contributed by atoms with Crippen LogP contribution in [-0.4, -0.2) is 62.2 Å².